The number of rotatable bonds is 6. The Balaban J connectivity index is 1.80. The lowest BCUT2D eigenvalue weighted by Gasteiger charge is -2.30. The number of piperidine rings is 1. The van der Waals surface area contributed by atoms with Gasteiger partial charge in [0.15, 0.2) is 0 Å². The van der Waals surface area contributed by atoms with Crippen LogP contribution in [-0.4, -0.2) is 47.6 Å². The molecule has 1 aromatic carbocycles. The molecule has 0 bridgehead atoms. The van der Waals surface area contributed by atoms with Gasteiger partial charge in [0.05, 0.1) is 24.6 Å². The van der Waals surface area contributed by atoms with Crippen molar-refractivity contribution in [2.45, 2.75) is 33.6 Å². The first kappa shape index (κ1) is 22.5. The van der Waals surface area contributed by atoms with E-state index in [-0.39, 0.29) is 30.2 Å². The molecule has 164 valence electrons. The van der Waals surface area contributed by atoms with Crippen molar-refractivity contribution in [1.82, 2.24) is 9.47 Å². The van der Waals surface area contributed by atoms with E-state index in [1.165, 1.54) is 12.1 Å². The number of carbonyl (C=O) groups is 2. The summed E-state index contributed by atoms with van der Waals surface area (Å²) >= 11 is 0. The molecule has 1 amide bonds. The standard InChI is InChI=1S/C23H27FN4O3/c1-4-31-23(30)17-6-5-11-27(13-17)14-21(29)26-22-20(12-25)15(2)16(3)28(22)19-9-7-18(24)8-10-19/h7-10,17H,4-6,11,13-14H2,1-3H3,(H,26,29)/t17-/m0/s1. The number of nitriles is 1. The van der Waals surface area contributed by atoms with Crippen molar-refractivity contribution in [2.75, 3.05) is 31.6 Å². The lowest BCUT2D eigenvalue weighted by atomic mass is 9.98. The van der Waals surface area contributed by atoms with Crippen molar-refractivity contribution in [3.8, 4) is 11.8 Å². The third kappa shape index (κ3) is 4.94. The number of hydrogen-bond donors (Lipinski definition) is 1. The molecule has 0 spiro atoms. The number of amides is 1. The average molecular weight is 426 g/mol. The summed E-state index contributed by atoms with van der Waals surface area (Å²) < 4.78 is 20.3. The molecule has 8 heteroatoms. The summed E-state index contributed by atoms with van der Waals surface area (Å²) in [7, 11) is 0. The predicted molar refractivity (Wildman–Crippen MR) is 114 cm³/mol. The first-order chi connectivity index (χ1) is 14.8. The van der Waals surface area contributed by atoms with Crippen molar-refractivity contribution < 1.29 is 18.7 Å². The van der Waals surface area contributed by atoms with Crippen LogP contribution < -0.4 is 5.32 Å². The molecule has 1 fully saturated rings. The van der Waals surface area contributed by atoms with Crippen LogP contribution in [0.3, 0.4) is 0 Å². The number of benzene rings is 1. The maximum absolute atomic E-state index is 13.4. The molecule has 0 unspecified atom stereocenters. The molecule has 1 aliphatic rings. The summed E-state index contributed by atoms with van der Waals surface area (Å²) in [6.07, 6.45) is 1.56. The van der Waals surface area contributed by atoms with E-state index in [0.717, 1.165) is 24.1 Å². The third-order valence-corrected chi connectivity index (χ3v) is 5.66. The van der Waals surface area contributed by atoms with Gasteiger partial charge in [0.25, 0.3) is 0 Å². The number of likely N-dealkylation sites (tertiary alicyclic amines) is 1. The lowest BCUT2D eigenvalue weighted by molar-refractivity contribution is -0.150. The van der Waals surface area contributed by atoms with E-state index in [0.29, 0.717) is 36.8 Å². The Hall–Kier alpha value is -3.18. The Labute approximate surface area is 181 Å². The molecule has 3 rings (SSSR count). The molecular formula is C23H27FN4O3. The maximum Gasteiger partial charge on any atom is 0.310 e. The van der Waals surface area contributed by atoms with Gasteiger partial charge in [-0.25, -0.2) is 4.39 Å². The molecule has 1 N–H and O–H groups in total. The Bertz CT molecular complexity index is 1010. The Morgan fingerprint density at radius 1 is 1.29 bits per heavy atom. The number of nitrogens with one attached hydrogen (secondary N) is 1. The minimum Gasteiger partial charge on any atom is -0.466 e. The number of carbonyl (C=O) groups excluding carboxylic acids is 2. The van der Waals surface area contributed by atoms with Gasteiger partial charge in [-0.05, 0) is 70.0 Å². The van der Waals surface area contributed by atoms with Crippen LogP contribution in [0.15, 0.2) is 24.3 Å². The number of aromatic nitrogens is 1. The van der Waals surface area contributed by atoms with Crippen LogP contribution in [0, 0.1) is 36.9 Å². The van der Waals surface area contributed by atoms with E-state index < -0.39 is 0 Å². The van der Waals surface area contributed by atoms with Gasteiger partial charge in [-0.3, -0.25) is 19.1 Å². The highest BCUT2D eigenvalue weighted by Crippen LogP contribution is 2.30. The SMILES string of the molecule is CCOC(=O)[C@H]1CCCN(CC(=O)Nc2c(C#N)c(C)c(C)n2-c2ccc(F)cc2)C1. The molecule has 0 saturated carbocycles. The molecule has 7 nitrogen and oxygen atoms in total. The van der Waals surface area contributed by atoms with Gasteiger partial charge >= 0.3 is 5.97 Å². The molecule has 1 saturated heterocycles. The Morgan fingerprint density at radius 3 is 2.65 bits per heavy atom. The normalized spacial score (nSPS) is 16.5. The molecule has 1 aromatic heterocycles. The third-order valence-electron chi connectivity index (χ3n) is 5.66. The van der Waals surface area contributed by atoms with Crippen LogP contribution in [0.2, 0.25) is 0 Å². The van der Waals surface area contributed by atoms with E-state index in [4.69, 9.17) is 4.74 Å². The topological polar surface area (TPSA) is 87.4 Å². The largest absolute Gasteiger partial charge is 0.466 e. The smallest absolute Gasteiger partial charge is 0.310 e. The Kier molecular flexibility index (Phi) is 7.08. The number of halogens is 1. The molecule has 1 aliphatic heterocycles. The van der Waals surface area contributed by atoms with Gasteiger partial charge in [-0.15, -0.1) is 0 Å². The van der Waals surface area contributed by atoms with Crippen LogP contribution >= 0.6 is 0 Å². The molecule has 1 atom stereocenters. The van der Waals surface area contributed by atoms with Gasteiger partial charge in [-0.2, -0.15) is 5.26 Å². The monoisotopic (exact) mass is 426 g/mol. The number of anilines is 1. The van der Waals surface area contributed by atoms with E-state index in [9.17, 15) is 19.2 Å². The van der Waals surface area contributed by atoms with Crippen LogP contribution in [0.5, 0.6) is 0 Å². The fraction of sp³-hybridized carbons (Fsp3) is 0.435. The average Bonchev–Trinajstić information content (AvgIpc) is 2.98. The van der Waals surface area contributed by atoms with Crippen LogP contribution in [0.4, 0.5) is 10.2 Å². The van der Waals surface area contributed by atoms with E-state index in [1.807, 2.05) is 18.7 Å². The highest BCUT2D eigenvalue weighted by atomic mass is 19.1. The van der Waals surface area contributed by atoms with E-state index in [2.05, 4.69) is 11.4 Å². The highest BCUT2D eigenvalue weighted by molar-refractivity contribution is 5.93. The van der Waals surface area contributed by atoms with Gasteiger partial charge in [0.2, 0.25) is 5.91 Å². The number of nitrogens with zero attached hydrogens (tertiary/aromatic N) is 3. The predicted octanol–water partition coefficient (Wildman–Crippen LogP) is 3.32. The van der Waals surface area contributed by atoms with Crippen LogP contribution in [0.25, 0.3) is 5.69 Å². The second-order valence-electron chi connectivity index (χ2n) is 7.73. The summed E-state index contributed by atoms with van der Waals surface area (Å²) in [6, 6.07) is 8.05. The summed E-state index contributed by atoms with van der Waals surface area (Å²) in [5.41, 5.74) is 2.57. The number of esters is 1. The van der Waals surface area contributed by atoms with Crippen LogP contribution in [0.1, 0.15) is 36.6 Å². The van der Waals surface area contributed by atoms with Gasteiger partial charge < -0.3 is 10.1 Å². The fourth-order valence-electron chi connectivity index (χ4n) is 4.00. The summed E-state index contributed by atoms with van der Waals surface area (Å²) in [6.45, 7) is 7.07. The van der Waals surface area contributed by atoms with Crippen molar-refractivity contribution in [3.05, 3.63) is 46.9 Å². The summed E-state index contributed by atoms with van der Waals surface area (Å²) in [5, 5.41) is 12.5. The number of ether oxygens (including phenoxy) is 1. The maximum atomic E-state index is 13.4. The lowest BCUT2D eigenvalue weighted by Crippen LogP contribution is -2.43. The van der Waals surface area contributed by atoms with Gasteiger partial charge in [-0.1, -0.05) is 0 Å². The fourth-order valence-corrected chi connectivity index (χ4v) is 4.00. The quantitative estimate of drug-likeness (QED) is 0.716. The van der Waals surface area contributed by atoms with Crippen molar-refractivity contribution in [1.29, 1.82) is 5.26 Å². The molecule has 31 heavy (non-hydrogen) atoms. The zero-order valence-corrected chi connectivity index (χ0v) is 18.1. The first-order valence-corrected chi connectivity index (χ1v) is 10.4. The van der Waals surface area contributed by atoms with Crippen LogP contribution in [-0.2, 0) is 14.3 Å². The van der Waals surface area contributed by atoms with Crippen molar-refractivity contribution in [2.24, 2.45) is 5.92 Å². The minimum atomic E-state index is -0.363. The second kappa shape index (κ2) is 9.75. The van der Waals surface area contributed by atoms with Gasteiger partial charge in [0, 0.05) is 17.9 Å². The summed E-state index contributed by atoms with van der Waals surface area (Å²) in [5.74, 6) is -0.730. The van der Waals surface area contributed by atoms with Crippen molar-refractivity contribution >= 4 is 17.7 Å². The molecular weight excluding hydrogens is 399 g/mol. The Morgan fingerprint density at radius 2 is 2.00 bits per heavy atom. The zero-order valence-electron chi connectivity index (χ0n) is 18.1. The first-order valence-electron chi connectivity index (χ1n) is 10.4. The number of hydrogen-bond acceptors (Lipinski definition) is 5. The van der Waals surface area contributed by atoms with E-state index >= 15 is 0 Å². The highest BCUT2D eigenvalue weighted by Gasteiger charge is 2.28. The molecule has 2 aromatic rings. The zero-order chi connectivity index (χ0) is 22.5. The molecule has 2 heterocycles. The van der Waals surface area contributed by atoms with Crippen molar-refractivity contribution in [3.63, 3.8) is 0 Å². The minimum absolute atomic E-state index is 0.105. The van der Waals surface area contributed by atoms with Gasteiger partial charge in [0.1, 0.15) is 17.7 Å². The van der Waals surface area contributed by atoms with E-state index in [1.54, 1.807) is 23.6 Å². The summed E-state index contributed by atoms with van der Waals surface area (Å²) in [4.78, 5) is 26.8. The molecule has 0 radical (unpaired) electrons. The molecule has 0 aliphatic carbocycles. The second-order valence-corrected chi connectivity index (χ2v) is 7.73.